The van der Waals surface area contributed by atoms with Crippen LogP contribution in [0.2, 0.25) is 0 Å². The molecule has 0 saturated heterocycles. The van der Waals surface area contributed by atoms with Gasteiger partial charge in [0, 0.05) is 16.4 Å². The fourth-order valence-electron chi connectivity index (χ4n) is 4.71. The van der Waals surface area contributed by atoms with Crippen LogP contribution in [0, 0.1) is 27.7 Å². The Balaban J connectivity index is 1.95. The van der Waals surface area contributed by atoms with E-state index >= 15 is 0 Å². The van der Waals surface area contributed by atoms with Gasteiger partial charge in [0.1, 0.15) is 29.7 Å². The molecule has 5 nitrogen and oxygen atoms in total. The van der Waals surface area contributed by atoms with Crippen molar-refractivity contribution in [3.63, 3.8) is 0 Å². The van der Waals surface area contributed by atoms with E-state index in [2.05, 4.69) is 128 Å². The van der Waals surface area contributed by atoms with Crippen LogP contribution in [0.25, 0.3) is 28.5 Å². The fourth-order valence-corrected chi connectivity index (χ4v) is 4.71. The highest BCUT2D eigenvalue weighted by atomic mass is 15.1. The van der Waals surface area contributed by atoms with E-state index < -0.39 is 0 Å². The molecule has 0 aliphatic rings. The van der Waals surface area contributed by atoms with Crippen molar-refractivity contribution in [1.29, 1.82) is 0 Å². The Kier molecular flexibility index (Phi) is 6.40. The molecule has 0 aliphatic carbocycles. The van der Waals surface area contributed by atoms with Crippen molar-refractivity contribution in [2.24, 2.45) is 7.05 Å². The van der Waals surface area contributed by atoms with Crippen molar-refractivity contribution in [2.45, 2.75) is 80.1 Å². The molecule has 0 saturated carbocycles. The summed E-state index contributed by atoms with van der Waals surface area (Å²) in [7, 11) is 2.11. The minimum absolute atomic E-state index is 0.174. The third kappa shape index (κ3) is 4.84. The number of hydrogen-bond acceptors (Lipinski definition) is 3. The highest BCUT2D eigenvalue weighted by molar-refractivity contribution is 5.70. The summed E-state index contributed by atoms with van der Waals surface area (Å²) in [5, 5.41) is 0. The van der Waals surface area contributed by atoms with Gasteiger partial charge in [-0.2, -0.15) is 4.57 Å². The molecule has 0 atom stereocenters. The van der Waals surface area contributed by atoms with Crippen molar-refractivity contribution < 1.29 is 4.57 Å². The zero-order valence-electron chi connectivity index (χ0n) is 23.8. The maximum Gasteiger partial charge on any atom is 0.294 e. The topological polar surface area (TPSA) is 47.5 Å². The summed E-state index contributed by atoms with van der Waals surface area (Å²) < 4.78 is 4.50. The molecule has 4 rings (SSSR count). The number of aromatic nitrogens is 5. The smallest absolute Gasteiger partial charge is 0.232 e. The average Bonchev–Trinajstić information content (AvgIpc) is 3.12. The molecule has 0 fully saturated rings. The van der Waals surface area contributed by atoms with Crippen LogP contribution in [-0.4, -0.2) is 19.5 Å². The van der Waals surface area contributed by atoms with Crippen LogP contribution in [0.5, 0.6) is 0 Å². The van der Waals surface area contributed by atoms with Crippen LogP contribution in [0.15, 0.2) is 42.7 Å². The molecule has 0 unspecified atom stereocenters. The highest BCUT2D eigenvalue weighted by Gasteiger charge is 2.27. The number of imidazole rings is 1. The van der Waals surface area contributed by atoms with Gasteiger partial charge in [-0.3, -0.25) is 0 Å². The van der Waals surface area contributed by atoms with Crippen LogP contribution < -0.4 is 4.57 Å². The number of nitrogens with zero attached hydrogens (tertiary/aromatic N) is 5. The van der Waals surface area contributed by atoms with Gasteiger partial charge in [-0.25, -0.2) is 19.5 Å². The third-order valence-corrected chi connectivity index (χ3v) is 6.59. The Morgan fingerprint density at radius 1 is 0.722 bits per heavy atom. The minimum atomic E-state index is -0.174. The Labute approximate surface area is 216 Å². The van der Waals surface area contributed by atoms with E-state index in [1.165, 1.54) is 27.9 Å². The second-order valence-corrected chi connectivity index (χ2v) is 12.2. The Morgan fingerprint density at radius 2 is 1.28 bits per heavy atom. The second kappa shape index (κ2) is 8.95. The van der Waals surface area contributed by atoms with Gasteiger partial charge in [0.15, 0.2) is 5.82 Å². The zero-order valence-corrected chi connectivity index (χ0v) is 23.8. The van der Waals surface area contributed by atoms with Crippen LogP contribution in [0.3, 0.4) is 0 Å². The second-order valence-electron chi connectivity index (χ2n) is 12.2. The maximum absolute atomic E-state index is 4.95. The van der Waals surface area contributed by atoms with Gasteiger partial charge in [0.25, 0.3) is 5.82 Å². The molecule has 0 bridgehead atoms. The Bertz CT molecular complexity index is 1390. The van der Waals surface area contributed by atoms with E-state index in [4.69, 9.17) is 15.0 Å². The highest BCUT2D eigenvalue weighted by Crippen LogP contribution is 2.32. The predicted molar refractivity (Wildman–Crippen MR) is 148 cm³/mol. The van der Waals surface area contributed by atoms with E-state index in [0.29, 0.717) is 0 Å². The third-order valence-electron chi connectivity index (χ3n) is 6.59. The fraction of sp³-hybridized carbons (Fsp3) is 0.419. The predicted octanol–water partition coefficient (Wildman–Crippen LogP) is 6.65. The van der Waals surface area contributed by atoms with E-state index in [-0.39, 0.29) is 10.8 Å². The minimum Gasteiger partial charge on any atom is -0.232 e. The first-order valence-electron chi connectivity index (χ1n) is 12.7. The summed E-state index contributed by atoms with van der Waals surface area (Å²) in [6.07, 6.45) is 4.28. The number of aryl methyl sites for hydroxylation is 5. The summed E-state index contributed by atoms with van der Waals surface area (Å²) in [6.45, 7) is 21.6. The summed E-state index contributed by atoms with van der Waals surface area (Å²) in [4.78, 5) is 14.7. The summed E-state index contributed by atoms with van der Waals surface area (Å²) in [5.41, 5.74) is 8.06. The normalized spacial score (nSPS) is 12.3. The first kappa shape index (κ1) is 25.7. The number of rotatable bonds is 3. The van der Waals surface area contributed by atoms with Crippen LogP contribution in [0.4, 0.5) is 0 Å². The van der Waals surface area contributed by atoms with Crippen LogP contribution >= 0.6 is 0 Å². The molecular formula is C31H40N5+. The lowest BCUT2D eigenvalue weighted by molar-refractivity contribution is -0.659. The maximum atomic E-state index is 4.95. The first-order chi connectivity index (χ1) is 16.7. The van der Waals surface area contributed by atoms with E-state index in [9.17, 15) is 0 Å². The Morgan fingerprint density at radius 3 is 1.81 bits per heavy atom. The van der Waals surface area contributed by atoms with E-state index in [0.717, 1.165) is 34.4 Å². The molecule has 4 aromatic rings. The Hall–Kier alpha value is -3.34. The van der Waals surface area contributed by atoms with Gasteiger partial charge in [0.05, 0.1) is 12.6 Å². The van der Waals surface area contributed by atoms with Gasteiger partial charge in [-0.05, 0) is 50.5 Å². The summed E-state index contributed by atoms with van der Waals surface area (Å²) in [5.74, 6) is 3.49. The quantitative estimate of drug-likeness (QED) is 0.307. The van der Waals surface area contributed by atoms with Crippen molar-refractivity contribution >= 4 is 0 Å². The molecule has 5 heteroatoms. The van der Waals surface area contributed by atoms with Gasteiger partial charge in [-0.1, -0.05) is 71.4 Å². The molecule has 0 radical (unpaired) electrons. The van der Waals surface area contributed by atoms with Gasteiger partial charge >= 0.3 is 0 Å². The molecule has 0 amide bonds. The van der Waals surface area contributed by atoms with Crippen LogP contribution in [-0.2, 0) is 17.9 Å². The molecule has 36 heavy (non-hydrogen) atoms. The van der Waals surface area contributed by atoms with E-state index in [1.54, 1.807) is 0 Å². The number of benzene rings is 2. The van der Waals surface area contributed by atoms with Crippen molar-refractivity contribution in [3.05, 3.63) is 76.6 Å². The van der Waals surface area contributed by atoms with Crippen molar-refractivity contribution in [3.8, 4) is 28.5 Å². The van der Waals surface area contributed by atoms with Gasteiger partial charge in [-0.15, -0.1) is 0 Å². The SMILES string of the molecule is Cc1cc(C)c(-n2cc[n+](C)c2-c2cc(-c3nc(C(C)(C)C)nc(C(C)(C)C)n3)ccc2C)c(C)c1. The lowest BCUT2D eigenvalue weighted by atomic mass is 9.92. The summed E-state index contributed by atoms with van der Waals surface area (Å²) >= 11 is 0. The molecule has 2 heterocycles. The zero-order chi connectivity index (χ0) is 26.6. The lowest BCUT2D eigenvalue weighted by Gasteiger charge is -2.22. The van der Waals surface area contributed by atoms with E-state index in [1.807, 2.05) is 0 Å². The van der Waals surface area contributed by atoms with Crippen molar-refractivity contribution in [2.75, 3.05) is 0 Å². The molecular weight excluding hydrogens is 442 g/mol. The van der Waals surface area contributed by atoms with Gasteiger partial charge in [0.2, 0.25) is 0 Å². The molecule has 188 valence electrons. The molecule has 2 aromatic carbocycles. The first-order valence-corrected chi connectivity index (χ1v) is 12.7. The molecule has 0 aliphatic heterocycles. The molecule has 0 spiro atoms. The van der Waals surface area contributed by atoms with Gasteiger partial charge < -0.3 is 0 Å². The number of hydrogen-bond donors (Lipinski definition) is 0. The largest absolute Gasteiger partial charge is 0.294 e. The monoisotopic (exact) mass is 482 g/mol. The van der Waals surface area contributed by atoms with Crippen LogP contribution in [0.1, 0.15) is 75.4 Å². The summed E-state index contributed by atoms with van der Waals surface area (Å²) in [6, 6.07) is 11.0. The molecule has 2 aromatic heterocycles. The lowest BCUT2D eigenvalue weighted by Crippen LogP contribution is -2.29. The average molecular weight is 483 g/mol. The van der Waals surface area contributed by atoms with Crippen molar-refractivity contribution in [1.82, 2.24) is 19.5 Å². The standard InChI is InChI=1S/C31H40N5/c1-19-16-21(3)25(22(4)17-19)36-15-14-35(11)27(36)24-18-23(13-12-20(24)2)26-32-28(30(5,6)7)34-29(33-26)31(8,9)10/h12-18H,1-11H3/q+1. The molecule has 0 N–H and O–H groups in total.